The average Bonchev–Trinajstić information content (AvgIpc) is 3.08. The van der Waals surface area contributed by atoms with Crippen molar-refractivity contribution >= 4 is 11.9 Å². The summed E-state index contributed by atoms with van der Waals surface area (Å²) in [5, 5.41) is 3.10. The lowest BCUT2D eigenvalue weighted by Gasteiger charge is -2.35. The zero-order valence-electron chi connectivity index (χ0n) is 13.4. The third-order valence-electron chi connectivity index (χ3n) is 4.92. The molecule has 0 radical (unpaired) electrons. The van der Waals surface area contributed by atoms with Crippen molar-refractivity contribution in [2.75, 3.05) is 11.4 Å². The van der Waals surface area contributed by atoms with E-state index in [1.54, 1.807) is 12.3 Å². The molecule has 1 aromatic heterocycles. The van der Waals surface area contributed by atoms with Gasteiger partial charge in [0.25, 0.3) is 5.91 Å². The van der Waals surface area contributed by atoms with Gasteiger partial charge in [0.2, 0.25) is 5.95 Å². The number of piperidine rings is 1. The molecule has 1 aliphatic heterocycles. The molecule has 1 N–H and O–H groups in total. The fourth-order valence-corrected chi connectivity index (χ4v) is 3.63. The Labute approximate surface area is 132 Å². The Morgan fingerprint density at radius 3 is 2.82 bits per heavy atom. The second-order valence-electron chi connectivity index (χ2n) is 6.45. The van der Waals surface area contributed by atoms with E-state index in [0.29, 0.717) is 23.7 Å². The molecule has 3 rings (SSSR count). The molecule has 2 aliphatic rings. The van der Waals surface area contributed by atoms with Gasteiger partial charge in [-0.2, -0.15) is 0 Å². The Kier molecular flexibility index (Phi) is 4.90. The molecule has 22 heavy (non-hydrogen) atoms. The first-order valence-corrected chi connectivity index (χ1v) is 8.68. The van der Waals surface area contributed by atoms with Gasteiger partial charge in [0.05, 0.1) is 0 Å². The standard InChI is InChI=1S/C17H26N4O/c1-2-14-9-5-6-12-21(14)17-18-11-10-15(20-17)16(22)19-13-7-3-4-8-13/h10-11,13-14H,2-9,12H2,1H3,(H,19,22). The molecular formula is C17H26N4O. The second-order valence-corrected chi connectivity index (χ2v) is 6.45. The Morgan fingerprint density at radius 1 is 1.27 bits per heavy atom. The van der Waals surface area contributed by atoms with Crippen LogP contribution in [-0.2, 0) is 0 Å². The van der Waals surface area contributed by atoms with E-state index in [4.69, 9.17) is 0 Å². The highest BCUT2D eigenvalue weighted by molar-refractivity contribution is 5.92. The van der Waals surface area contributed by atoms with Gasteiger partial charge in [-0.05, 0) is 44.6 Å². The molecule has 1 aromatic rings. The molecule has 5 heteroatoms. The van der Waals surface area contributed by atoms with Gasteiger partial charge in [-0.25, -0.2) is 9.97 Å². The molecule has 2 heterocycles. The van der Waals surface area contributed by atoms with Crippen molar-refractivity contribution in [3.8, 4) is 0 Å². The van der Waals surface area contributed by atoms with Gasteiger partial charge in [0, 0.05) is 24.8 Å². The molecule has 1 saturated heterocycles. The van der Waals surface area contributed by atoms with Crippen molar-refractivity contribution < 1.29 is 4.79 Å². The topological polar surface area (TPSA) is 58.1 Å². The summed E-state index contributed by atoms with van der Waals surface area (Å²) < 4.78 is 0. The lowest BCUT2D eigenvalue weighted by molar-refractivity contribution is 0.0932. The maximum Gasteiger partial charge on any atom is 0.270 e. The zero-order valence-corrected chi connectivity index (χ0v) is 13.4. The first kappa shape index (κ1) is 15.3. The van der Waals surface area contributed by atoms with Crippen LogP contribution in [0.2, 0.25) is 0 Å². The van der Waals surface area contributed by atoms with E-state index >= 15 is 0 Å². The van der Waals surface area contributed by atoms with Crippen molar-refractivity contribution in [1.82, 2.24) is 15.3 Å². The summed E-state index contributed by atoms with van der Waals surface area (Å²) in [5.74, 6) is 0.659. The normalized spacial score (nSPS) is 22.8. The molecule has 120 valence electrons. The van der Waals surface area contributed by atoms with Gasteiger partial charge in [0.1, 0.15) is 5.69 Å². The molecule has 1 unspecified atom stereocenters. The number of rotatable bonds is 4. The quantitative estimate of drug-likeness (QED) is 0.929. The molecule has 2 fully saturated rings. The number of hydrogen-bond acceptors (Lipinski definition) is 4. The predicted octanol–water partition coefficient (Wildman–Crippen LogP) is 2.92. The Morgan fingerprint density at radius 2 is 2.05 bits per heavy atom. The smallest absolute Gasteiger partial charge is 0.270 e. The number of aromatic nitrogens is 2. The van der Waals surface area contributed by atoms with E-state index in [1.807, 2.05) is 0 Å². The summed E-state index contributed by atoms with van der Waals surface area (Å²) in [6.07, 6.45) is 11.1. The monoisotopic (exact) mass is 302 g/mol. The molecule has 1 aliphatic carbocycles. The third-order valence-corrected chi connectivity index (χ3v) is 4.92. The van der Waals surface area contributed by atoms with Crippen LogP contribution in [0.5, 0.6) is 0 Å². The van der Waals surface area contributed by atoms with Crippen LogP contribution in [0.4, 0.5) is 5.95 Å². The molecule has 1 saturated carbocycles. The second kappa shape index (κ2) is 7.07. The van der Waals surface area contributed by atoms with Crippen LogP contribution < -0.4 is 10.2 Å². The molecular weight excluding hydrogens is 276 g/mol. The summed E-state index contributed by atoms with van der Waals surface area (Å²) in [6, 6.07) is 2.55. The number of nitrogens with zero attached hydrogens (tertiary/aromatic N) is 3. The Bertz CT molecular complexity index is 513. The number of hydrogen-bond donors (Lipinski definition) is 1. The van der Waals surface area contributed by atoms with Crippen molar-refractivity contribution in [3.63, 3.8) is 0 Å². The van der Waals surface area contributed by atoms with Crippen molar-refractivity contribution in [2.24, 2.45) is 0 Å². The van der Waals surface area contributed by atoms with E-state index in [-0.39, 0.29) is 5.91 Å². The number of nitrogens with one attached hydrogen (secondary N) is 1. The van der Waals surface area contributed by atoms with Crippen molar-refractivity contribution in [3.05, 3.63) is 18.0 Å². The van der Waals surface area contributed by atoms with E-state index < -0.39 is 0 Å². The van der Waals surface area contributed by atoms with Crippen molar-refractivity contribution in [2.45, 2.75) is 70.4 Å². The molecule has 1 atom stereocenters. The predicted molar refractivity (Wildman–Crippen MR) is 87.0 cm³/mol. The fourth-order valence-electron chi connectivity index (χ4n) is 3.63. The highest BCUT2D eigenvalue weighted by Gasteiger charge is 2.24. The summed E-state index contributed by atoms with van der Waals surface area (Å²) in [6.45, 7) is 3.20. The minimum absolute atomic E-state index is 0.0550. The third kappa shape index (κ3) is 3.39. The first-order valence-electron chi connectivity index (χ1n) is 8.68. The van der Waals surface area contributed by atoms with Gasteiger partial charge in [-0.3, -0.25) is 4.79 Å². The van der Waals surface area contributed by atoms with E-state index in [0.717, 1.165) is 25.8 Å². The van der Waals surface area contributed by atoms with Gasteiger partial charge in [-0.15, -0.1) is 0 Å². The highest BCUT2D eigenvalue weighted by atomic mass is 16.1. The molecule has 0 spiro atoms. The number of carbonyl (C=O) groups is 1. The van der Waals surface area contributed by atoms with Gasteiger partial charge in [-0.1, -0.05) is 19.8 Å². The summed E-state index contributed by atoms with van der Waals surface area (Å²) in [4.78, 5) is 23.6. The van der Waals surface area contributed by atoms with Crippen LogP contribution in [0.3, 0.4) is 0 Å². The van der Waals surface area contributed by atoms with E-state index in [9.17, 15) is 4.79 Å². The van der Waals surface area contributed by atoms with Crippen LogP contribution >= 0.6 is 0 Å². The summed E-state index contributed by atoms with van der Waals surface area (Å²) in [7, 11) is 0. The summed E-state index contributed by atoms with van der Waals surface area (Å²) in [5.41, 5.74) is 0.498. The van der Waals surface area contributed by atoms with Gasteiger partial charge in [0.15, 0.2) is 0 Å². The van der Waals surface area contributed by atoms with Crippen LogP contribution in [0.15, 0.2) is 12.3 Å². The summed E-state index contributed by atoms with van der Waals surface area (Å²) >= 11 is 0. The molecule has 1 amide bonds. The number of anilines is 1. The van der Waals surface area contributed by atoms with Gasteiger partial charge >= 0.3 is 0 Å². The van der Waals surface area contributed by atoms with Gasteiger partial charge < -0.3 is 10.2 Å². The Balaban J connectivity index is 1.72. The minimum atomic E-state index is -0.0550. The van der Waals surface area contributed by atoms with Crippen LogP contribution in [0, 0.1) is 0 Å². The maximum absolute atomic E-state index is 12.4. The minimum Gasteiger partial charge on any atom is -0.348 e. The number of amides is 1. The SMILES string of the molecule is CCC1CCCCN1c1nccc(C(=O)NC2CCCC2)n1. The van der Waals surface area contributed by atoms with Crippen molar-refractivity contribution in [1.29, 1.82) is 0 Å². The van der Waals surface area contributed by atoms with E-state index in [2.05, 4.69) is 27.1 Å². The molecule has 0 aromatic carbocycles. The van der Waals surface area contributed by atoms with E-state index in [1.165, 1.54) is 32.1 Å². The zero-order chi connectivity index (χ0) is 15.4. The Hall–Kier alpha value is -1.65. The lowest BCUT2D eigenvalue weighted by atomic mass is 10.0. The highest BCUT2D eigenvalue weighted by Crippen LogP contribution is 2.24. The lowest BCUT2D eigenvalue weighted by Crippen LogP contribution is -2.40. The van der Waals surface area contributed by atoms with Crippen LogP contribution in [-0.4, -0.2) is 34.5 Å². The number of carbonyl (C=O) groups excluding carboxylic acids is 1. The first-order chi connectivity index (χ1) is 10.8. The fraction of sp³-hybridized carbons (Fsp3) is 0.706. The largest absolute Gasteiger partial charge is 0.348 e. The molecule has 0 bridgehead atoms. The van der Waals surface area contributed by atoms with Crippen LogP contribution in [0.1, 0.15) is 68.8 Å². The van der Waals surface area contributed by atoms with Crippen LogP contribution in [0.25, 0.3) is 0 Å². The molecule has 5 nitrogen and oxygen atoms in total. The average molecular weight is 302 g/mol. The maximum atomic E-state index is 12.4.